The van der Waals surface area contributed by atoms with Crippen molar-refractivity contribution < 1.29 is 23.5 Å². The topological polar surface area (TPSA) is 77.8 Å². The van der Waals surface area contributed by atoms with Crippen LogP contribution in [0.15, 0.2) is 40.8 Å². The molecule has 0 aliphatic rings. The molecule has 0 saturated carbocycles. The molecule has 140 valence electrons. The number of rotatable bonds is 8. The number of nitrogens with one attached hydrogen (secondary N) is 1. The fourth-order valence-corrected chi connectivity index (χ4v) is 2.48. The molecule has 6 nitrogen and oxygen atoms in total. The number of carbonyl (C=O) groups is 2. The van der Waals surface area contributed by atoms with E-state index in [0.29, 0.717) is 5.76 Å². The van der Waals surface area contributed by atoms with Crippen molar-refractivity contribution in [3.05, 3.63) is 59.0 Å². The van der Waals surface area contributed by atoms with Crippen molar-refractivity contribution in [3.8, 4) is 0 Å². The summed E-state index contributed by atoms with van der Waals surface area (Å²) in [6, 6.07) is 10.4. The van der Waals surface area contributed by atoms with Crippen molar-refractivity contribution in [2.45, 2.75) is 45.9 Å². The zero-order valence-electron chi connectivity index (χ0n) is 15.6. The van der Waals surface area contributed by atoms with Gasteiger partial charge in [-0.05, 0) is 38.5 Å². The third-order valence-corrected chi connectivity index (χ3v) is 3.70. The number of methoxy groups -OCH3 is 1. The Balaban J connectivity index is 2.15. The molecule has 2 aromatic rings. The van der Waals surface area contributed by atoms with Gasteiger partial charge in [0.05, 0.1) is 18.6 Å². The summed E-state index contributed by atoms with van der Waals surface area (Å²) in [5.41, 5.74) is 1.92. The van der Waals surface area contributed by atoms with Crippen LogP contribution in [-0.4, -0.2) is 25.1 Å². The molecule has 1 aromatic carbocycles. The lowest BCUT2D eigenvalue weighted by Gasteiger charge is -2.19. The molecular formula is C20H25NO5. The Bertz CT molecular complexity index is 733. The minimum atomic E-state index is -0.509. The van der Waals surface area contributed by atoms with Gasteiger partial charge in [-0.15, -0.1) is 0 Å². The minimum Gasteiger partial charge on any atom is -0.463 e. The Kier molecular flexibility index (Phi) is 6.97. The summed E-state index contributed by atoms with van der Waals surface area (Å²) in [6.45, 7) is 5.84. The molecule has 0 saturated heterocycles. The quantitative estimate of drug-likeness (QED) is 0.729. The molecular weight excluding hydrogens is 334 g/mol. The second kappa shape index (κ2) is 9.20. The standard InChI is InChI=1S/C20H25NO5/c1-13(2)25-19(22)11-17(15-7-5-14(3)6-8-15)21-20(23)18-10-9-16(26-18)12-24-4/h5-10,13,17H,11-12H2,1-4H3,(H,21,23). The van der Waals surface area contributed by atoms with Crippen LogP contribution < -0.4 is 5.32 Å². The largest absolute Gasteiger partial charge is 0.463 e. The molecule has 0 fully saturated rings. The van der Waals surface area contributed by atoms with E-state index in [9.17, 15) is 9.59 Å². The lowest BCUT2D eigenvalue weighted by atomic mass is 10.0. The van der Waals surface area contributed by atoms with Gasteiger partial charge in [0.2, 0.25) is 0 Å². The number of ether oxygens (including phenoxy) is 2. The Labute approximate surface area is 153 Å². The summed E-state index contributed by atoms with van der Waals surface area (Å²) in [7, 11) is 1.55. The van der Waals surface area contributed by atoms with E-state index in [0.717, 1.165) is 11.1 Å². The van der Waals surface area contributed by atoms with E-state index in [4.69, 9.17) is 13.9 Å². The van der Waals surface area contributed by atoms with Crippen LogP contribution in [0.4, 0.5) is 0 Å². The van der Waals surface area contributed by atoms with Crippen LogP contribution >= 0.6 is 0 Å². The molecule has 0 bridgehead atoms. The predicted molar refractivity (Wildman–Crippen MR) is 96.7 cm³/mol. The highest BCUT2D eigenvalue weighted by atomic mass is 16.5. The van der Waals surface area contributed by atoms with Gasteiger partial charge < -0.3 is 19.2 Å². The monoisotopic (exact) mass is 359 g/mol. The maximum Gasteiger partial charge on any atom is 0.308 e. The fourth-order valence-electron chi connectivity index (χ4n) is 2.48. The second-order valence-corrected chi connectivity index (χ2v) is 6.38. The van der Waals surface area contributed by atoms with Crippen molar-refractivity contribution in [2.75, 3.05) is 7.11 Å². The highest BCUT2D eigenvalue weighted by Gasteiger charge is 2.22. The summed E-state index contributed by atoms with van der Waals surface area (Å²) >= 11 is 0. The zero-order valence-corrected chi connectivity index (χ0v) is 15.6. The first-order valence-corrected chi connectivity index (χ1v) is 8.53. The van der Waals surface area contributed by atoms with Crippen molar-refractivity contribution in [2.24, 2.45) is 0 Å². The molecule has 1 atom stereocenters. The van der Waals surface area contributed by atoms with Crippen LogP contribution in [0, 0.1) is 6.92 Å². The van der Waals surface area contributed by atoms with E-state index >= 15 is 0 Å². The Morgan fingerprint density at radius 2 is 1.81 bits per heavy atom. The molecule has 0 radical (unpaired) electrons. The number of carbonyl (C=O) groups excluding carboxylic acids is 2. The van der Waals surface area contributed by atoms with Crippen molar-refractivity contribution >= 4 is 11.9 Å². The molecule has 1 aromatic heterocycles. The SMILES string of the molecule is COCc1ccc(C(=O)NC(CC(=O)OC(C)C)c2ccc(C)cc2)o1. The molecule has 1 amide bonds. The van der Waals surface area contributed by atoms with E-state index in [1.165, 1.54) is 0 Å². The molecule has 0 spiro atoms. The van der Waals surface area contributed by atoms with Crippen molar-refractivity contribution in [1.29, 1.82) is 0 Å². The summed E-state index contributed by atoms with van der Waals surface area (Å²) in [5, 5.41) is 2.85. The van der Waals surface area contributed by atoms with Gasteiger partial charge in [-0.25, -0.2) is 0 Å². The van der Waals surface area contributed by atoms with Crippen LogP contribution in [0.2, 0.25) is 0 Å². The average molecular weight is 359 g/mol. The minimum absolute atomic E-state index is 0.0403. The zero-order chi connectivity index (χ0) is 19.1. The highest BCUT2D eigenvalue weighted by Crippen LogP contribution is 2.20. The summed E-state index contributed by atoms with van der Waals surface area (Å²) in [4.78, 5) is 24.6. The Hall–Kier alpha value is -2.60. The van der Waals surface area contributed by atoms with Crippen LogP contribution in [0.1, 0.15) is 53.8 Å². The molecule has 0 aliphatic heterocycles. The number of hydrogen-bond acceptors (Lipinski definition) is 5. The summed E-state index contributed by atoms with van der Waals surface area (Å²) < 4.78 is 15.7. The van der Waals surface area contributed by atoms with E-state index in [2.05, 4.69) is 5.32 Å². The van der Waals surface area contributed by atoms with Gasteiger partial charge in [0, 0.05) is 7.11 Å². The predicted octanol–water partition coefficient (Wildman–Crippen LogP) is 3.55. The molecule has 6 heteroatoms. The van der Waals surface area contributed by atoms with Gasteiger partial charge in [0.25, 0.3) is 5.91 Å². The first-order chi connectivity index (χ1) is 12.4. The number of hydrogen-bond donors (Lipinski definition) is 1. The molecule has 1 heterocycles. The average Bonchev–Trinajstić information content (AvgIpc) is 3.03. The van der Waals surface area contributed by atoms with Gasteiger partial charge in [-0.2, -0.15) is 0 Å². The van der Waals surface area contributed by atoms with Crippen molar-refractivity contribution in [1.82, 2.24) is 5.32 Å². The van der Waals surface area contributed by atoms with Gasteiger partial charge in [0.1, 0.15) is 12.4 Å². The van der Waals surface area contributed by atoms with Crippen LogP contribution in [0.3, 0.4) is 0 Å². The number of furan rings is 1. The lowest BCUT2D eigenvalue weighted by molar-refractivity contribution is -0.147. The normalized spacial score (nSPS) is 12.0. The Morgan fingerprint density at radius 1 is 1.12 bits per heavy atom. The summed E-state index contributed by atoms with van der Waals surface area (Å²) in [6.07, 6.45) is -0.169. The number of amides is 1. The van der Waals surface area contributed by atoms with E-state index in [1.807, 2.05) is 31.2 Å². The van der Waals surface area contributed by atoms with E-state index in [-0.39, 0.29) is 30.9 Å². The number of benzene rings is 1. The van der Waals surface area contributed by atoms with Crippen LogP contribution in [0.25, 0.3) is 0 Å². The first kappa shape index (κ1) is 19.7. The lowest BCUT2D eigenvalue weighted by Crippen LogP contribution is -2.31. The highest BCUT2D eigenvalue weighted by molar-refractivity contribution is 5.92. The molecule has 0 aliphatic carbocycles. The molecule has 2 rings (SSSR count). The third kappa shape index (κ3) is 5.74. The molecule has 26 heavy (non-hydrogen) atoms. The first-order valence-electron chi connectivity index (χ1n) is 8.53. The van der Waals surface area contributed by atoms with Gasteiger partial charge in [-0.1, -0.05) is 29.8 Å². The van der Waals surface area contributed by atoms with Crippen LogP contribution in [0.5, 0.6) is 0 Å². The fraction of sp³-hybridized carbons (Fsp3) is 0.400. The second-order valence-electron chi connectivity index (χ2n) is 6.38. The van der Waals surface area contributed by atoms with Crippen molar-refractivity contribution in [3.63, 3.8) is 0 Å². The third-order valence-electron chi connectivity index (χ3n) is 3.70. The Morgan fingerprint density at radius 3 is 2.42 bits per heavy atom. The van der Waals surface area contributed by atoms with Gasteiger partial charge in [-0.3, -0.25) is 9.59 Å². The van der Waals surface area contributed by atoms with E-state index < -0.39 is 11.9 Å². The van der Waals surface area contributed by atoms with E-state index in [1.54, 1.807) is 33.1 Å². The number of aryl methyl sites for hydroxylation is 1. The summed E-state index contributed by atoms with van der Waals surface area (Å²) in [5.74, 6) is -0.0317. The molecule has 1 N–H and O–H groups in total. The smallest absolute Gasteiger partial charge is 0.308 e. The molecule has 1 unspecified atom stereocenters. The maximum absolute atomic E-state index is 12.5. The van der Waals surface area contributed by atoms with Gasteiger partial charge >= 0.3 is 5.97 Å². The van der Waals surface area contributed by atoms with Gasteiger partial charge in [0.15, 0.2) is 5.76 Å². The maximum atomic E-state index is 12.5. The van der Waals surface area contributed by atoms with Crippen LogP contribution in [-0.2, 0) is 20.9 Å². The number of esters is 1.